The lowest BCUT2D eigenvalue weighted by molar-refractivity contribution is 0.471. The number of allylic oxidation sites excluding steroid dienone is 1. The van der Waals surface area contributed by atoms with E-state index in [4.69, 9.17) is 4.74 Å². The average molecular weight is 543 g/mol. The lowest BCUT2D eigenvalue weighted by Gasteiger charge is -2.45. The van der Waals surface area contributed by atoms with Crippen molar-refractivity contribution in [1.29, 1.82) is 0 Å². The number of rotatable bonds is 2. The Morgan fingerprint density at radius 1 is 0.690 bits per heavy atom. The van der Waals surface area contributed by atoms with Gasteiger partial charge in [0.15, 0.2) is 11.5 Å². The van der Waals surface area contributed by atoms with E-state index in [1.165, 1.54) is 55.8 Å². The minimum absolute atomic E-state index is 0.187. The summed E-state index contributed by atoms with van der Waals surface area (Å²) in [5.41, 5.74) is 13.5. The highest BCUT2D eigenvalue weighted by Gasteiger charge is 2.41. The van der Waals surface area contributed by atoms with Crippen molar-refractivity contribution >= 4 is 34.0 Å². The van der Waals surface area contributed by atoms with Crippen LogP contribution in [-0.2, 0) is 11.8 Å². The van der Waals surface area contributed by atoms with Gasteiger partial charge in [-0.25, -0.2) is 0 Å². The number of hydrogen-bond acceptors (Lipinski definition) is 2. The highest BCUT2D eigenvalue weighted by atomic mass is 16.5. The molecule has 0 atom stereocenters. The van der Waals surface area contributed by atoms with Gasteiger partial charge in [-0.05, 0) is 101 Å². The Kier molecular flexibility index (Phi) is 4.79. The molecule has 0 N–H and O–H groups in total. The third-order valence-electron chi connectivity index (χ3n) is 9.41. The van der Waals surface area contributed by atoms with Crippen LogP contribution in [0.2, 0.25) is 0 Å². The van der Waals surface area contributed by atoms with Gasteiger partial charge in [0.25, 0.3) is 0 Å². The highest BCUT2D eigenvalue weighted by molar-refractivity contribution is 5.97. The van der Waals surface area contributed by atoms with E-state index in [1.807, 2.05) is 0 Å². The fourth-order valence-electron chi connectivity index (χ4n) is 7.39. The molecule has 3 nitrogen and oxygen atoms in total. The van der Waals surface area contributed by atoms with Crippen molar-refractivity contribution in [2.24, 2.45) is 0 Å². The number of benzene rings is 5. The third-order valence-corrected chi connectivity index (χ3v) is 9.41. The summed E-state index contributed by atoms with van der Waals surface area (Å²) < 4.78 is 9.10. The summed E-state index contributed by atoms with van der Waals surface area (Å²) in [7, 11) is 0. The molecule has 2 aliphatic heterocycles. The first-order chi connectivity index (χ1) is 20.6. The molecule has 9 rings (SSSR count). The van der Waals surface area contributed by atoms with Crippen LogP contribution in [0.15, 0.2) is 115 Å². The van der Waals surface area contributed by atoms with Crippen LogP contribution >= 0.6 is 0 Å². The van der Waals surface area contributed by atoms with E-state index in [0.29, 0.717) is 0 Å². The first-order valence-corrected chi connectivity index (χ1v) is 14.8. The fourth-order valence-corrected chi connectivity index (χ4v) is 7.39. The number of para-hydroxylation sites is 4. The molecule has 1 aliphatic carbocycles. The molecule has 0 amide bonds. The van der Waals surface area contributed by atoms with Crippen LogP contribution in [0.3, 0.4) is 0 Å². The van der Waals surface area contributed by atoms with E-state index in [0.717, 1.165) is 35.7 Å². The Labute approximate surface area is 245 Å². The van der Waals surface area contributed by atoms with Crippen LogP contribution in [0.4, 0.5) is 17.1 Å². The van der Waals surface area contributed by atoms with Crippen LogP contribution in [-0.4, -0.2) is 4.57 Å². The Morgan fingerprint density at radius 3 is 2.36 bits per heavy atom. The van der Waals surface area contributed by atoms with Gasteiger partial charge in [-0.2, -0.15) is 0 Å². The molecule has 3 aliphatic rings. The summed E-state index contributed by atoms with van der Waals surface area (Å²) in [6.07, 6.45) is 6.73. The molecule has 0 fully saturated rings. The molecule has 0 spiro atoms. The number of hydrogen-bond donors (Lipinski definition) is 0. The molecule has 0 radical (unpaired) electrons. The van der Waals surface area contributed by atoms with Crippen molar-refractivity contribution in [3.8, 4) is 28.3 Å². The van der Waals surface area contributed by atoms with E-state index < -0.39 is 0 Å². The van der Waals surface area contributed by atoms with E-state index in [1.54, 1.807) is 0 Å². The first kappa shape index (κ1) is 23.7. The van der Waals surface area contributed by atoms with Gasteiger partial charge in [0.1, 0.15) is 0 Å². The summed E-state index contributed by atoms with van der Waals surface area (Å²) in [6, 6.07) is 39.6. The Bertz CT molecular complexity index is 2100. The van der Waals surface area contributed by atoms with Crippen LogP contribution < -0.4 is 9.64 Å². The van der Waals surface area contributed by atoms with Gasteiger partial charge in [0, 0.05) is 22.2 Å². The molecule has 0 saturated carbocycles. The Morgan fingerprint density at radius 2 is 1.48 bits per heavy atom. The van der Waals surface area contributed by atoms with Crippen molar-refractivity contribution in [2.45, 2.75) is 32.1 Å². The van der Waals surface area contributed by atoms with Gasteiger partial charge in [0.2, 0.25) is 0 Å². The predicted octanol–water partition coefficient (Wildman–Crippen LogP) is 10.5. The Hall–Kier alpha value is -5.02. The van der Waals surface area contributed by atoms with E-state index in [2.05, 4.69) is 145 Å². The second-order valence-corrected chi connectivity index (χ2v) is 12.1. The maximum Gasteiger partial charge on any atom is 0.152 e. The molecule has 42 heavy (non-hydrogen) atoms. The minimum Gasteiger partial charge on any atom is -0.453 e. The molecule has 6 aromatic rings. The molecule has 0 unspecified atom stereocenters. The van der Waals surface area contributed by atoms with Crippen molar-refractivity contribution in [3.05, 3.63) is 138 Å². The molecule has 1 aromatic heterocycles. The summed E-state index contributed by atoms with van der Waals surface area (Å²) in [5, 5.41) is 1.33. The topological polar surface area (TPSA) is 17.4 Å². The number of ether oxygens (including phenoxy) is 1. The van der Waals surface area contributed by atoms with Crippen molar-refractivity contribution in [1.82, 2.24) is 4.57 Å². The molecule has 0 bridgehead atoms. The quantitative estimate of drug-likeness (QED) is 0.216. The second kappa shape index (κ2) is 8.50. The maximum absolute atomic E-state index is 6.68. The summed E-state index contributed by atoms with van der Waals surface area (Å²) in [4.78, 5) is 2.40. The van der Waals surface area contributed by atoms with Gasteiger partial charge in [-0.1, -0.05) is 74.5 Å². The molecular weight excluding hydrogens is 512 g/mol. The van der Waals surface area contributed by atoms with Crippen molar-refractivity contribution in [3.63, 3.8) is 0 Å². The molecule has 5 aromatic carbocycles. The molecule has 202 valence electrons. The van der Waals surface area contributed by atoms with Gasteiger partial charge in [-0.15, -0.1) is 0 Å². The van der Waals surface area contributed by atoms with Gasteiger partial charge >= 0.3 is 0 Å². The summed E-state index contributed by atoms with van der Waals surface area (Å²) >= 11 is 0. The zero-order chi connectivity index (χ0) is 28.0. The summed E-state index contributed by atoms with van der Waals surface area (Å²) in [6.45, 7) is 4.68. The maximum atomic E-state index is 6.68. The monoisotopic (exact) mass is 542 g/mol. The van der Waals surface area contributed by atoms with Crippen LogP contribution in [0.5, 0.6) is 11.5 Å². The van der Waals surface area contributed by atoms with Gasteiger partial charge < -0.3 is 14.2 Å². The largest absolute Gasteiger partial charge is 0.453 e. The lowest BCUT2D eigenvalue weighted by atomic mass is 9.72. The Balaban J connectivity index is 1.28. The predicted molar refractivity (Wildman–Crippen MR) is 173 cm³/mol. The van der Waals surface area contributed by atoms with Crippen LogP contribution in [0, 0.1) is 0 Å². The number of anilines is 3. The SMILES string of the molecule is CC1(C)c2ccccc2N2c3ccccc3Oc3cc(-c4ccc5c(c4)c4c(n5-c5ccccc5)C=CCC4)cc1c32. The zero-order valence-corrected chi connectivity index (χ0v) is 23.8. The van der Waals surface area contributed by atoms with E-state index in [9.17, 15) is 0 Å². The molecule has 3 heteroatoms. The van der Waals surface area contributed by atoms with E-state index in [-0.39, 0.29) is 5.41 Å². The summed E-state index contributed by atoms with van der Waals surface area (Å²) in [5.74, 6) is 1.80. The number of fused-ring (bicyclic) bond motifs is 7. The smallest absolute Gasteiger partial charge is 0.152 e. The molecule has 0 saturated heterocycles. The second-order valence-electron chi connectivity index (χ2n) is 12.1. The van der Waals surface area contributed by atoms with E-state index >= 15 is 0 Å². The van der Waals surface area contributed by atoms with Gasteiger partial charge in [0.05, 0.1) is 22.6 Å². The number of nitrogens with zero attached hydrogens (tertiary/aromatic N) is 2. The fraction of sp³-hybridized carbons (Fsp3) is 0.128. The van der Waals surface area contributed by atoms with Crippen LogP contribution in [0.25, 0.3) is 33.8 Å². The van der Waals surface area contributed by atoms with Gasteiger partial charge in [-0.3, -0.25) is 0 Å². The average Bonchev–Trinajstić information content (AvgIpc) is 3.37. The lowest BCUT2D eigenvalue weighted by Crippen LogP contribution is -2.32. The zero-order valence-electron chi connectivity index (χ0n) is 23.8. The number of aryl methyl sites for hydroxylation is 1. The molecular formula is C39H30N2O. The molecule has 3 heterocycles. The normalized spacial score (nSPS) is 15.4. The minimum atomic E-state index is -0.187. The highest BCUT2D eigenvalue weighted by Crippen LogP contribution is 2.60. The number of aromatic nitrogens is 1. The standard InChI is InChI=1S/C39H30N2O/c1-39(2)30-15-7-9-17-34(30)41-35-18-10-11-19-36(35)42-37-24-26(23-31(39)38(37)41)25-20-21-33-29(22-25)28-14-6-8-16-32(28)40(33)27-12-4-3-5-13-27/h3-5,7-13,15-24H,6,14H2,1-2H3. The van der Waals surface area contributed by atoms with Crippen molar-refractivity contribution in [2.75, 3.05) is 4.90 Å². The van der Waals surface area contributed by atoms with Crippen molar-refractivity contribution < 1.29 is 4.74 Å². The van der Waals surface area contributed by atoms with Crippen LogP contribution in [0.1, 0.15) is 42.7 Å². The first-order valence-electron chi connectivity index (χ1n) is 14.8. The third kappa shape index (κ3) is 3.16.